The Kier molecular flexibility index (Phi) is 5.09. The summed E-state index contributed by atoms with van der Waals surface area (Å²) in [4.78, 5) is 4.32. The number of fused-ring (bicyclic) bond motifs is 1. The Labute approximate surface area is 156 Å². The highest BCUT2D eigenvalue weighted by Gasteiger charge is 2.30. The van der Waals surface area contributed by atoms with Crippen molar-refractivity contribution in [1.29, 1.82) is 0 Å². The second-order valence-corrected chi connectivity index (χ2v) is 8.20. The van der Waals surface area contributed by atoms with Crippen LogP contribution in [-0.2, 0) is 22.6 Å². The van der Waals surface area contributed by atoms with Crippen molar-refractivity contribution in [2.24, 2.45) is 0 Å². The van der Waals surface area contributed by atoms with Crippen molar-refractivity contribution in [2.45, 2.75) is 17.5 Å². The predicted octanol–water partition coefficient (Wildman–Crippen LogP) is 3.64. The van der Waals surface area contributed by atoms with E-state index in [9.17, 15) is 21.6 Å². The van der Waals surface area contributed by atoms with Crippen LogP contribution in [0.5, 0.6) is 0 Å². The lowest BCUT2D eigenvalue weighted by atomic mass is 10.3. The topological polar surface area (TPSA) is 63.5 Å². The van der Waals surface area contributed by atoms with Crippen LogP contribution in [0.25, 0.3) is 5.65 Å². The van der Waals surface area contributed by atoms with E-state index in [4.69, 9.17) is 0 Å². The lowest BCUT2D eigenvalue weighted by Gasteiger charge is -2.06. The second-order valence-electron chi connectivity index (χ2n) is 5.51. The molecule has 0 fully saturated rings. The Balaban J connectivity index is 1.69. The minimum absolute atomic E-state index is 0.0778. The summed E-state index contributed by atoms with van der Waals surface area (Å²) >= 11 is 3.23. The highest BCUT2D eigenvalue weighted by atomic mass is 79.9. The second kappa shape index (κ2) is 7.01. The Bertz CT molecular complexity index is 1030. The molecular formula is C16H13BrF3N3O2S. The fraction of sp³-hybridized carbons (Fsp3) is 0.188. The van der Waals surface area contributed by atoms with Crippen LogP contribution in [0.2, 0.25) is 0 Å². The number of hydrogen-bond donors (Lipinski definition) is 1. The van der Waals surface area contributed by atoms with Crippen LogP contribution in [0.15, 0.2) is 58.2 Å². The quantitative estimate of drug-likeness (QED) is 0.649. The molecule has 0 atom stereocenters. The number of halogens is 4. The number of imidazole rings is 1. The monoisotopic (exact) mass is 447 g/mol. The standard InChI is InChI=1S/C16H13BrF3N3O2S/c17-12-2-4-14(5-3-12)26(24,25)21-8-7-13-10-23-9-11(16(18,19)20)1-6-15(23)22-13/h1-6,9-10,21H,7-8H2. The molecule has 0 aliphatic rings. The van der Waals surface area contributed by atoms with Gasteiger partial charge in [-0.25, -0.2) is 18.1 Å². The average molecular weight is 448 g/mol. The number of rotatable bonds is 5. The minimum Gasteiger partial charge on any atom is -0.306 e. The number of nitrogens with one attached hydrogen (secondary N) is 1. The van der Waals surface area contributed by atoms with Crippen LogP contribution < -0.4 is 4.72 Å². The average Bonchev–Trinajstić information content (AvgIpc) is 2.96. The van der Waals surface area contributed by atoms with E-state index in [-0.39, 0.29) is 17.9 Å². The minimum atomic E-state index is -4.43. The Morgan fingerprint density at radius 1 is 1.08 bits per heavy atom. The van der Waals surface area contributed by atoms with Gasteiger partial charge in [-0.2, -0.15) is 13.2 Å². The summed E-state index contributed by atoms with van der Waals surface area (Å²) in [5, 5.41) is 0. The molecule has 2 aromatic heterocycles. The smallest absolute Gasteiger partial charge is 0.306 e. The lowest BCUT2D eigenvalue weighted by molar-refractivity contribution is -0.137. The highest BCUT2D eigenvalue weighted by molar-refractivity contribution is 9.10. The molecule has 0 saturated heterocycles. The number of aromatic nitrogens is 2. The molecule has 10 heteroatoms. The van der Waals surface area contributed by atoms with Gasteiger partial charge in [0, 0.05) is 29.8 Å². The number of pyridine rings is 1. The van der Waals surface area contributed by atoms with E-state index < -0.39 is 21.8 Å². The first-order valence-electron chi connectivity index (χ1n) is 7.45. The third kappa shape index (κ3) is 4.25. The van der Waals surface area contributed by atoms with E-state index in [1.807, 2.05) is 0 Å². The molecule has 138 valence electrons. The first kappa shape index (κ1) is 18.9. The molecule has 1 N–H and O–H groups in total. The van der Waals surface area contributed by atoms with Gasteiger partial charge in [-0.3, -0.25) is 0 Å². The van der Waals surface area contributed by atoms with E-state index in [0.29, 0.717) is 11.3 Å². The summed E-state index contributed by atoms with van der Waals surface area (Å²) in [7, 11) is -3.66. The summed E-state index contributed by atoms with van der Waals surface area (Å²) in [5.74, 6) is 0. The summed E-state index contributed by atoms with van der Waals surface area (Å²) in [5.41, 5.74) is 0.0801. The zero-order chi connectivity index (χ0) is 18.9. The van der Waals surface area contributed by atoms with Gasteiger partial charge >= 0.3 is 6.18 Å². The zero-order valence-corrected chi connectivity index (χ0v) is 15.6. The van der Waals surface area contributed by atoms with Gasteiger partial charge in [0.15, 0.2) is 0 Å². The Morgan fingerprint density at radius 3 is 2.42 bits per heavy atom. The van der Waals surface area contributed by atoms with Gasteiger partial charge in [0.05, 0.1) is 16.2 Å². The van der Waals surface area contributed by atoms with E-state index in [0.717, 1.165) is 16.7 Å². The molecule has 3 aromatic rings. The van der Waals surface area contributed by atoms with Gasteiger partial charge in [0.2, 0.25) is 10.0 Å². The molecular weight excluding hydrogens is 435 g/mol. The van der Waals surface area contributed by atoms with Gasteiger partial charge < -0.3 is 4.40 Å². The molecule has 0 saturated carbocycles. The fourth-order valence-corrected chi connectivity index (χ4v) is 3.64. The van der Waals surface area contributed by atoms with Crippen LogP contribution in [0, 0.1) is 0 Å². The fourth-order valence-electron chi connectivity index (χ4n) is 2.34. The third-order valence-corrected chi connectivity index (χ3v) is 5.63. The molecule has 3 rings (SSSR count). The summed E-state index contributed by atoms with van der Waals surface area (Å²) in [6.45, 7) is 0.0778. The molecule has 0 spiro atoms. The van der Waals surface area contributed by atoms with Crippen molar-refractivity contribution in [2.75, 3.05) is 6.54 Å². The van der Waals surface area contributed by atoms with Gasteiger partial charge in [-0.1, -0.05) is 15.9 Å². The zero-order valence-electron chi connectivity index (χ0n) is 13.2. The molecule has 5 nitrogen and oxygen atoms in total. The highest BCUT2D eigenvalue weighted by Crippen LogP contribution is 2.29. The van der Waals surface area contributed by atoms with Crippen molar-refractivity contribution in [1.82, 2.24) is 14.1 Å². The van der Waals surface area contributed by atoms with Crippen molar-refractivity contribution >= 4 is 31.6 Å². The van der Waals surface area contributed by atoms with Crippen molar-refractivity contribution < 1.29 is 21.6 Å². The molecule has 0 bridgehead atoms. The number of sulfonamides is 1. The van der Waals surface area contributed by atoms with Crippen molar-refractivity contribution in [3.8, 4) is 0 Å². The normalized spacial score (nSPS) is 12.6. The maximum atomic E-state index is 12.7. The molecule has 0 radical (unpaired) electrons. The molecule has 0 aliphatic carbocycles. The molecule has 0 aliphatic heterocycles. The van der Waals surface area contributed by atoms with E-state index >= 15 is 0 Å². The van der Waals surface area contributed by atoms with Gasteiger partial charge in [-0.15, -0.1) is 0 Å². The maximum absolute atomic E-state index is 12.7. The van der Waals surface area contributed by atoms with Crippen LogP contribution in [0.4, 0.5) is 13.2 Å². The van der Waals surface area contributed by atoms with Gasteiger partial charge in [0.1, 0.15) is 5.65 Å². The van der Waals surface area contributed by atoms with E-state index in [1.54, 1.807) is 12.1 Å². The molecule has 0 amide bonds. The first-order chi connectivity index (χ1) is 12.1. The molecule has 2 heterocycles. The Hall–Kier alpha value is -1.91. The van der Waals surface area contributed by atoms with Crippen LogP contribution in [0.1, 0.15) is 11.3 Å². The van der Waals surface area contributed by atoms with E-state index in [1.165, 1.54) is 28.8 Å². The van der Waals surface area contributed by atoms with Crippen molar-refractivity contribution in [3.63, 3.8) is 0 Å². The van der Waals surface area contributed by atoms with Crippen LogP contribution in [-0.4, -0.2) is 24.3 Å². The summed E-state index contributed by atoms with van der Waals surface area (Å²) in [6.07, 6.45) is -1.77. The van der Waals surface area contributed by atoms with Crippen molar-refractivity contribution in [3.05, 3.63) is 64.5 Å². The summed E-state index contributed by atoms with van der Waals surface area (Å²) < 4.78 is 67.0. The number of hydrogen-bond acceptors (Lipinski definition) is 3. The Morgan fingerprint density at radius 2 is 1.77 bits per heavy atom. The number of nitrogens with zero attached hydrogens (tertiary/aromatic N) is 2. The molecule has 0 unspecified atom stereocenters. The molecule has 26 heavy (non-hydrogen) atoms. The van der Waals surface area contributed by atoms with Gasteiger partial charge in [-0.05, 0) is 36.4 Å². The van der Waals surface area contributed by atoms with Crippen LogP contribution >= 0.6 is 15.9 Å². The number of alkyl halides is 3. The maximum Gasteiger partial charge on any atom is 0.417 e. The SMILES string of the molecule is O=S(=O)(NCCc1cn2cc(C(F)(F)F)ccc2n1)c1ccc(Br)cc1. The number of benzene rings is 1. The molecule has 1 aromatic carbocycles. The summed E-state index contributed by atoms with van der Waals surface area (Å²) in [6, 6.07) is 8.41. The van der Waals surface area contributed by atoms with Crippen LogP contribution in [0.3, 0.4) is 0 Å². The lowest BCUT2D eigenvalue weighted by Crippen LogP contribution is -2.26. The van der Waals surface area contributed by atoms with Gasteiger partial charge in [0.25, 0.3) is 0 Å². The first-order valence-corrected chi connectivity index (χ1v) is 9.73. The largest absolute Gasteiger partial charge is 0.417 e. The third-order valence-electron chi connectivity index (χ3n) is 3.63. The van der Waals surface area contributed by atoms with E-state index in [2.05, 4.69) is 25.6 Å². The predicted molar refractivity (Wildman–Crippen MR) is 93.2 cm³/mol.